The van der Waals surface area contributed by atoms with Gasteiger partial charge in [-0.15, -0.1) is 0 Å². The van der Waals surface area contributed by atoms with Gasteiger partial charge in [-0.2, -0.15) is 10.2 Å². The quantitative estimate of drug-likeness (QED) is 0.291. The molecule has 5 aromatic rings. The highest BCUT2D eigenvalue weighted by molar-refractivity contribution is 9.10. The summed E-state index contributed by atoms with van der Waals surface area (Å²) in [6.45, 7) is 6.31. The van der Waals surface area contributed by atoms with Gasteiger partial charge >= 0.3 is 0 Å². The van der Waals surface area contributed by atoms with Crippen molar-refractivity contribution in [1.82, 2.24) is 24.5 Å². The van der Waals surface area contributed by atoms with Crippen LogP contribution in [0.4, 0.5) is 10.1 Å². The van der Waals surface area contributed by atoms with Crippen LogP contribution < -0.4 is 5.32 Å². The van der Waals surface area contributed by atoms with Gasteiger partial charge in [0.2, 0.25) is 5.91 Å². The van der Waals surface area contributed by atoms with Gasteiger partial charge in [-0.05, 0) is 67.8 Å². The molecule has 0 spiro atoms. The summed E-state index contributed by atoms with van der Waals surface area (Å²) in [5.74, 6) is -0.512. The van der Waals surface area contributed by atoms with Crippen molar-refractivity contribution in [3.05, 3.63) is 93.7 Å². The van der Waals surface area contributed by atoms with Gasteiger partial charge in [-0.1, -0.05) is 40.2 Å². The maximum Gasteiger partial charge on any atom is 0.246 e. The van der Waals surface area contributed by atoms with E-state index < -0.39 is 0 Å². The molecule has 0 aliphatic carbocycles. The van der Waals surface area contributed by atoms with E-state index in [1.54, 1.807) is 23.0 Å². The zero-order valence-corrected chi connectivity index (χ0v) is 21.7. The number of amides is 1. The number of fused-ring (bicyclic) bond motifs is 1. The van der Waals surface area contributed by atoms with Crippen molar-refractivity contribution in [1.29, 1.82) is 0 Å². The fourth-order valence-electron chi connectivity index (χ4n) is 4.37. The summed E-state index contributed by atoms with van der Waals surface area (Å²) in [5, 5.41) is 13.1. The molecule has 1 amide bonds. The van der Waals surface area contributed by atoms with Crippen LogP contribution >= 0.6 is 15.9 Å². The van der Waals surface area contributed by atoms with Crippen LogP contribution in [0.15, 0.2) is 65.3 Å². The van der Waals surface area contributed by atoms with Crippen LogP contribution in [0.3, 0.4) is 0 Å². The Balaban J connectivity index is 1.38. The molecule has 0 aliphatic heterocycles. The lowest BCUT2D eigenvalue weighted by molar-refractivity contribution is -0.116. The van der Waals surface area contributed by atoms with Gasteiger partial charge in [-0.3, -0.25) is 9.48 Å². The van der Waals surface area contributed by atoms with E-state index in [2.05, 4.69) is 36.4 Å². The standard InChI is InChI=1S/C27H24BrFN6O/c1-16-25-23(20-6-10-22(29)11-7-20)12-13-30-27(25)35(32-16)15-24(36)31-26-17(2)33-34(18(26)3)14-19-4-8-21(28)9-5-19/h4-13H,14-15H2,1-3H3,(H,31,36). The molecule has 0 atom stereocenters. The van der Waals surface area contributed by atoms with Gasteiger partial charge in [0.1, 0.15) is 12.4 Å². The van der Waals surface area contributed by atoms with Gasteiger partial charge in [0.15, 0.2) is 5.65 Å². The Morgan fingerprint density at radius 3 is 2.36 bits per heavy atom. The highest BCUT2D eigenvalue weighted by Gasteiger charge is 2.18. The van der Waals surface area contributed by atoms with E-state index in [-0.39, 0.29) is 18.3 Å². The Bertz CT molecular complexity index is 1570. The molecule has 0 fully saturated rings. The van der Waals surface area contributed by atoms with E-state index >= 15 is 0 Å². The Labute approximate surface area is 216 Å². The Hall–Kier alpha value is -3.85. The molecule has 0 saturated heterocycles. The second-order valence-electron chi connectivity index (χ2n) is 8.69. The van der Waals surface area contributed by atoms with Crippen LogP contribution in [-0.4, -0.2) is 30.5 Å². The molecule has 2 aromatic carbocycles. The van der Waals surface area contributed by atoms with Crippen LogP contribution in [0, 0.1) is 26.6 Å². The lowest BCUT2D eigenvalue weighted by Gasteiger charge is -2.08. The number of aromatic nitrogens is 5. The third kappa shape index (κ3) is 4.66. The van der Waals surface area contributed by atoms with Crippen molar-refractivity contribution < 1.29 is 9.18 Å². The Morgan fingerprint density at radius 1 is 0.944 bits per heavy atom. The summed E-state index contributed by atoms with van der Waals surface area (Å²) in [6, 6.07) is 16.3. The number of aryl methyl sites for hydroxylation is 2. The number of rotatable bonds is 6. The van der Waals surface area contributed by atoms with E-state index in [0.717, 1.165) is 43.6 Å². The number of anilines is 1. The summed E-state index contributed by atoms with van der Waals surface area (Å²) < 4.78 is 17.9. The number of benzene rings is 2. The van der Waals surface area contributed by atoms with Crippen molar-refractivity contribution in [2.24, 2.45) is 0 Å². The summed E-state index contributed by atoms with van der Waals surface area (Å²) >= 11 is 3.45. The largest absolute Gasteiger partial charge is 0.321 e. The molecular weight excluding hydrogens is 523 g/mol. The molecular formula is C27H24BrFN6O. The first-order valence-corrected chi connectivity index (χ1v) is 12.3. The minimum atomic E-state index is -0.293. The second-order valence-corrected chi connectivity index (χ2v) is 9.60. The van der Waals surface area contributed by atoms with Gasteiger partial charge in [-0.25, -0.2) is 14.1 Å². The zero-order chi connectivity index (χ0) is 25.4. The predicted molar refractivity (Wildman–Crippen MR) is 141 cm³/mol. The molecule has 3 aromatic heterocycles. The van der Waals surface area contributed by atoms with Crippen molar-refractivity contribution >= 4 is 38.6 Å². The fourth-order valence-corrected chi connectivity index (χ4v) is 4.64. The number of carbonyl (C=O) groups is 1. The third-order valence-electron chi connectivity index (χ3n) is 6.15. The van der Waals surface area contributed by atoms with Gasteiger partial charge in [0, 0.05) is 16.1 Å². The first-order valence-electron chi connectivity index (χ1n) is 11.5. The van der Waals surface area contributed by atoms with Crippen LogP contribution in [0.25, 0.3) is 22.2 Å². The van der Waals surface area contributed by atoms with E-state index in [0.29, 0.717) is 17.9 Å². The molecule has 0 radical (unpaired) electrons. The van der Waals surface area contributed by atoms with Crippen molar-refractivity contribution in [3.8, 4) is 11.1 Å². The van der Waals surface area contributed by atoms with E-state index in [9.17, 15) is 9.18 Å². The maximum absolute atomic E-state index is 13.4. The summed E-state index contributed by atoms with van der Waals surface area (Å²) in [7, 11) is 0. The van der Waals surface area contributed by atoms with E-state index in [1.807, 2.05) is 55.8 Å². The van der Waals surface area contributed by atoms with Crippen molar-refractivity contribution in [2.75, 3.05) is 5.32 Å². The Kier molecular flexibility index (Phi) is 6.40. The monoisotopic (exact) mass is 546 g/mol. The molecule has 36 heavy (non-hydrogen) atoms. The molecule has 1 N–H and O–H groups in total. The Morgan fingerprint density at radius 2 is 1.64 bits per heavy atom. The molecule has 0 bridgehead atoms. The minimum absolute atomic E-state index is 0.000975. The van der Waals surface area contributed by atoms with Crippen LogP contribution in [0.1, 0.15) is 22.6 Å². The van der Waals surface area contributed by atoms with E-state index in [1.165, 1.54) is 12.1 Å². The molecule has 0 saturated carbocycles. The van der Waals surface area contributed by atoms with E-state index in [4.69, 9.17) is 0 Å². The average molecular weight is 547 g/mol. The minimum Gasteiger partial charge on any atom is -0.321 e. The summed E-state index contributed by atoms with van der Waals surface area (Å²) in [5.41, 5.74) is 6.54. The average Bonchev–Trinajstić information content (AvgIpc) is 3.31. The molecule has 0 unspecified atom stereocenters. The number of nitrogens with zero attached hydrogens (tertiary/aromatic N) is 5. The third-order valence-corrected chi connectivity index (χ3v) is 6.68. The maximum atomic E-state index is 13.4. The molecule has 182 valence electrons. The smallest absolute Gasteiger partial charge is 0.246 e. The van der Waals surface area contributed by atoms with Gasteiger partial charge < -0.3 is 5.32 Å². The van der Waals surface area contributed by atoms with Gasteiger partial charge in [0.25, 0.3) is 0 Å². The highest BCUT2D eigenvalue weighted by Crippen LogP contribution is 2.30. The normalized spacial score (nSPS) is 11.2. The first kappa shape index (κ1) is 23.9. The summed E-state index contributed by atoms with van der Waals surface area (Å²) in [6.07, 6.45) is 1.68. The molecule has 0 aliphatic rings. The lowest BCUT2D eigenvalue weighted by atomic mass is 10.0. The summed E-state index contributed by atoms with van der Waals surface area (Å²) in [4.78, 5) is 17.5. The van der Waals surface area contributed by atoms with Crippen molar-refractivity contribution in [3.63, 3.8) is 0 Å². The second kappa shape index (κ2) is 9.66. The number of hydrogen-bond donors (Lipinski definition) is 1. The number of nitrogens with one attached hydrogen (secondary N) is 1. The fraction of sp³-hybridized carbons (Fsp3) is 0.185. The highest BCUT2D eigenvalue weighted by atomic mass is 79.9. The van der Waals surface area contributed by atoms with Crippen LogP contribution in [0.2, 0.25) is 0 Å². The lowest BCUT2D eigenvalue weighted by Crippen LogP contribution is -2.20. The van der Waals surface area contributed by atoms with Gasteiger partial charge in [0.05, 0.1) is 29.3 Å². The van der Waals surface area contributed by atoms with Crippen molar-refractivity contribution in [2.45, 2.75) is 33.9 Å². The number of pyridine rings is 1. The topological polar surface area (TPSA) is 77.6 Å². The number of halogens is 2. The molecule has 3 heterocycles. The first-order chi connectivity index (χ1) is 17.3. The SMILES string of the molecule is Cc1nn(Cc2ccc(Br)cc2)c(C)c1NC(=O)Cn1nc(C)c2c(-c3ccc(F)cc3)ccnc21. The number of hydrogen-bond acceptors (Lipinski definition) is 4. The van der Waals surface area contributed by atoms with Crippen LogP contribution in [0.5, 0.6) is 0 Å². The molecule has 9 heteroatoms. The zero-order valence-electron chi connectivity index (χ0n) is 20.1. The van der Waals surface area contributed by atoms with Crippen LogP contribution in [-0.2, 0) is 17.9 Å². The molecule has 5 rings (SSSR count). The number of carbonyl (C=O) groups excluding carboxylic acids is 1. The predicted octanol–water partition coefficient (Wildman–Crippen LogP) is 5.81. The molecule has 7 nitrogen and oxygen atoms in total.